The normalized spacial score (nSPS) is 10.8. The third kappa shape index (κ3) is 3.87. The van der Waals surface area contributed by atoms with Gasteiger partial charge in [-0.15, -0.1) is 0 Å². The molecule has 0 saturated carbocycles. The van der Waals surface area contributed by atoms with E-state index in [9.17, 15) is 15.0 Å². The number of hydrogen-bond acceptors (Lipinski definition) is 4. The molecule has 7 heteroatoms. The summed E-state index contributed by atoms with van der Waals surface area (Å²) in [5, 5.41) is 23.1. The summed E-state index contributed by atoms with van der Waals surface area (Å²) in [6, 6.07) is 8.39. The Morgan fingerprint density at radius 3 is 2.57 bits per heavy atom. The minimum absolute atomic E-state index is 0.0231. The lowest BCUT2D eigenvalue weighted by atomic mass is 10.2. The Morgan fingerprint density at radius 2 is 1.86 bits per heavy atom. The van der Waals surface area contributed by atoms with Crippen molar-refractivity contribution >= 4 is 35.3 Å². The molecule has 0 unspecified atom stereocenters. The van der Waals surface area contributed by atoms with Gasteiger partial charge in [-0.25, -0.2) is 5.43 Å². The molecule has 3 N–H and O–H groups in total. The molecule has 0 aliphatic heterocycles. The molecule has 0 radical (unpaired) electrons. The molecule has 0 heterocycles. The third-order valence-corrected chi connectivity index (χ3v) is 3.30. The molecule has 0 saturated heterocycles. The van der Waals surface area contributed by atoms with Crippen LogP contribution in [0.25, 0.3) is 0 Å². The summed E-state index contributed by atoms with van der Waals surface area (Å²) in [5.41, 5.74) is 2.84. The molecule has 2 aromatic carbocycles. The molecule has 0 atom stereocenters. The van der Waals surface area contributed by atoms with Gasteiger partial charge in [0, 0.05) is 11.1 Å². The summed E-state index contributed by atoms with van der Waals surface area (Å²) in [5.74, 6) is -0.574. The van der Waals surface area contributed by atoms with E-state index in [2.05, 4.69) is 10.5 Å². The smallest absolute Gasteiger partial charge is 0.271 e. The number of nitrogens with one attached hydrogen (secondary N) is 1. The van der Waals surface area contributed by atoms with E-state index in [1.54, 1.807) is 0 Å². The van der Waals surface area contributed by atoms with Crippen molar-refractivity contribution in [2.24, 2.45) is 5.10 Å². The number of hydrazone groups is 1. The van der Waals surface area contributed by atoms with E-state index in [4.69, 9.17) is 23.2 Å². The summed E-state index contributed by atoms with van der Waals surface area (Å²) in [6.45, 7) is 0. The molecular formula is C14H10Cl2N2O3. The van der Waals surface area contributed by atoms with Crippen LogP contribution in [0.15, 0.2) is 41.5 Å². The molecule has 1 amide bonds. The van der Waals surface area contributed by atoms with E-state index in [1.807, 2.05) is 0 Å². The highest BCUT2D eigenvalue weighted by atomic mass is 35.5. The van der Waals surface area contributed by atoms with Gasteiger partial charge in [-0.1, -0.05) is 23.2 Å². The minimum Gasteiger partial charge on any atom is -0.508 e. The lowest BCUT2D eigenvalue weighted by Crippen LogP contribution is -2.17. The maximum atomic E-state index is 11.8. The molecule has 0 aliphatic carbocycles. The van der Waals surface area contributed by atoms with Crippen LogP contribution in [0, 0.1) is 0 Å². The number of carbonyl (C=O) groups is 1. The second kappa shape index (κ2) is 6.47. The van der Waals surface area contributed by atoms with Crippen molar-refractivity contribution < 1.29 is 15.0 Å². The maximum Gasteiger partial charge on any atom is 0.271 e. The zero-order chi connectivity index (χ0) is 15.4. The number of phenols is 2. The number of rotatable bonds is 3. The largest absolute Gasteiger partial charge is 0.508 e. The van der Waals surface area contributed by atoms with Crippen LogP contribution >= 0.6 is 23.2 Å². The first-order chi connectivity index (χ1) is 9.97. The van der Waals surface area contributed by atoms with E-state index in [0.29, 0.717) is 10.6 Å². The molecule has 0 bridgehead atoms. The number of hydrogen-bond donors (Lipinski definition) is 3. The lowest BCUT2D eigenvalue weighted by Gasteiger charge is -2.02. The Bertz CT molecular complexity index is 717. The van der Waals surface area contributed by atoms with E-state index >= 15 is 0 Å². The molecule has 108 valence electrons. The van der Waals surface area contributed by atoms with Crippen molar-refractivity contribution in [3.05, 3.63) is 57.6 Å². The molecule has 0 aliphatic rings. The number of amides is 1. The van der Waals surface area contributed by atoms with Gasteiger partial charge in [0.25, 0.3) is 5.91 Å². The Morgan fingerprint density at radius 1 is 1.10 bits per heavy atom. The average Bonchev–Trinajstić information content (AvgIpc) is 2.45. The fourth-order valence-corrected chi connectivity index (χ4v) is 1.81. The van der Waals surface area contributed by atoms with Crippen molar-refractivity contribution in [2.45, 2.75) is 0 Å². The zero-order valence-corrected chi connectivity index (χ0v) is 12.1. The Balaban J connectivity index is 2.08. The topological polar surface area (TPSA) is 81.9 Å². The van der Waals surface area contributed by atoms with Crippen LogP contribution in [-0.4, -0.2) is 22.3 Å². The zero-order valence-electron chi connectivity index (χ0n) is 10.5. The van der Waals surface area contributed by atoms with Crippen LogP contribution in [0.4, 0.5) is 0 Å². The molecule has 21 heavy (non-hydrogen) atoms. The Labute approximate surface area is 130 Å². The average molecular weight is 325 g/mol. The summed E-state index contributed by atoms with van der Waals surface area (Å²) in [7, 11) is 0. The first kappa shape index (κ1) is 15.2. The predicted molar refractivity (Wildman–Crippen MR) is 81.3 cm³/mol. The number of aromatic hydroxyl groups is 2. The summed E-state index contributed by atoms with van der Waals surface area (Å²) < 4.78 is 0. The summed E-state index contributed by atoms with van der Waals surface area (Å²) in [6.07, 6.45) is 1.21. The third-order valence-electron chi connectivity index (χ3n) is 2.56. The highest BCUT2D eigenvalue weighted by Crippen LogP contribution is 2.22. The van der Waals surface area contributed by atoms with Crippen molar-refractivity contribution in [2.75, 3.05) is 0 Å². The van der Waals surface area contributed by atoms with Gasteiger partial charge < -0.3 is 10.2 Å². The van der Waals surface area contributed by atoms with Gasteiger partial charge in [0.05, 0.1) is 16.3 Å². The van der Waals surface area contributed by atoms with Crippen molar-refractivity contribution in [1.82, 2.24) is 5.43 Å². The first-order valence-electron chi connectivity index (χ1n) is 5.78. The first-order valence-corrected chi connectivity index (χ1v) is 6.53. The van der Waals surface area contributed by atoms with Crippen LogP contribution in [0.2, 0.25) is 10.0 Å². The standard InChI is InChI=1S/C14H10Cl2N2O3/c15-11-3-1-8(6-12(11)16)14(21)18-17-7-9-5-10(19)2-4-13(9)20/h1-7,19-20H,(H,18,21). The van der Waals surface area contributed by atoms with Gasteiger partial charge in [0.15, 0.2) is 0 Å². The van der Waals surface area contributed by atoms with Crippen LogP contribution in [-0.2, 0) is 0 Å². The highest BCUT2D eigenvalue weighted by Gasteiger charge is 2.07. The summed E-state index contributed by atoms with van der Waals surface area (Å²) in [4.78, 5) is 11.8. The Hall–Kier alpha value is -2.24. The van der Waals surface area contributed by atoms with Crippen molar-refractivity contribution in [3.8, 4) is 11.5 Å². The fourth-order valence-electron chi connectivity index (χ4n) is 1.51. The molecule has 0 fully saturated rings. The predicted octanol–water partition coefficient (Wildman–Crippen LogP) is 3.17. The van der Waals surface area contributed by atoms with Gasteiger partial charge in [-0.2, -0.15) is 5.10 Å². The molecule has 2 rings (SSSR count). The van der Waals surface area contributed by atoms with Gasteiger partial charge in [-0.05, 0) is 36.4 Å². The molecule has 0 spiro atoms. The molecular weight excluding hydrogens is 315 g/mol. The van der Waals surface area contributed by atoms with Gasteiger partial charge in [0.2, 0.25) is 0 Å². The van der Waals surface area contributed by atoms with E-state index in [-0.39, 0.29) is 22.1 Å². The van der Waals surface area contributed by atoms with Gasteiger partial charge >= 0.3 is 0 Å². The SMILES string of the molecule is O=C(NN=Cc1cc(O)ccc1O)c1ccc(Cl)c(Cl)c1. The fraction of sp³-hybridized carbons (Fsp3) is 0. The van der Waals surface area contributed by atoms with Crippen molar-refractivity contribution in [1.29, 1.82) is 0 Å². The number of nitrogens with zero attached hydrogens (tertiary/aromatic N) is 1. The van der Waals surface area contributed by atoms with Crippen LogP contribution in [0.5, 0.6) is 11.5 Å². The van der Waals surface area contributed by atoms with E-state index < -0.39 is 5.91 Å². The Kier molecular flexibility index (Phi) is 4.67. The number of phenolic OH excluding ortho intramolecular Hbond substituents is 2. The molecule has 0 aromatic heterocycles. The number of halogens is 2. The maximum absolute atomic E-state index is 11.8. The van der Waals surface area contributed by atoms with Crippen LogP contribution < -0.4 is 5.43 Å². The van der Waals surface area contributed by atoms with Crippen molar-refractivity contribution in [3.63, 3.8) is 0 Å². The van der Waals surface area contributed by atoms with Gasteiger partial charge in [0.1, 0.15) is 11.5 Å². The number of carbonyl (C=O) groups excluding carboxylic acids is 1. The van der Waals surface area contributed by atoms with Crippen LogP contribution in [0.3, 0.4) is 0 Å². The number of benzene rings is 2. The molecule has 2 aromatic rings. The minimum atomic E-state index is -0.482. The second-order valence-corrected chi connectivity index (χ2v) is 4.89. The quantitative estimate of drug-likeness (QED) is 0.460. The van der Waals surface area contributed by atoms with E-state index in [0.717, 1.165) is 0 Å². The summed E-state index contributed by atoms with van der Waals surface area (Å²) >= 11 is 11.6. The van der Waals surface area contributed by atoms with Crippen LogP contribution in [0.1, 0.15) is 15.9 Å². The van der Waals surface area contributed by atoms with Gasteiger partial charge in [-0.3, -0.25) is 4.79 Å². The highest BCUT2D eigenvalue weighted by molar-refractivity contribution is 6.42. The monoisotopic (exact) mass is 324 g/mol. The van der Waals surface area contributed by atoms with E-state index in [1.165, 1.54) is 42.6 Å². The second-order valence-electron chi connectivity index (χ2n) is 4.07. The lowest BCUT2D eigenvalue weighted by molar-refractivity contribution is 0.0955. The molecule has 5 nitrogen and oxygen atoms in total.